The van der Waals surface area contributed by atoms with Crippen LogP contribution in [0.1, 0.15) is 19.3 Å². The van der Waals surface area contributed by atoms with Crippen molar-refractivity contribution in [3.8, 4) is 11.5 Å². The largest absolute Gasteiger partial charge is 0.493 e. The van der Waals surface area contributed by atoms with Crippen molar-refractivity contribution in [1.82, 2.24) is 4.90 Å². The molecule has 3 saturated heterocycles. The fourth-order valence-electron chi connectivity index (χ4n) is 4.10. The summed E-state index contributed by atoms with van der Waals surface area (Å²) in [4.78, 5) is 28.9. The van der Waals surface area contributed by atoms with Gasteiger partial charge in [-0.25, -0.2) is 4.90 Å². The summed E-state index contributed by atoms with van der Waals surface area (Å²) in [6.45, 7) is 2.58. The summed E-state index contributed by atoms with van der Waals surface area (Å²) in [6, 6.07) is 4.61. The van der Waals surface area contributed by atoms with E-state index in [0.29, 0.717) is 56.3 Å². The third kappa shape index (κ3) is 3.18. The molecule has 0 aromatic heterocycles. The van der Waals surface area contributed by atoms with Crippen LogP contribution >= 0.6 is 0 Å². The molecule has 146 valence electrons. The summed E-state index contributed by atoms with van der Waals surface area (Å²) in [5.41, 5.74) is 0.501. The number of piperidine rings is 1. The highest BCUT2D eigenvalue weighted by Gasteiger charge is 2.47. The number of hydrogen-bond donors (Lipinski definition) is 0. The van der Waals surface area contributed by atoms with Gasteiger partial charge in [-0.1, -0.05) is 0 Å². The average Bonchev–Trinajstić information content (AvgIpc) is 3.26. The summed E-state index contributed by atoms with van der Waals surface area (Å²) in [6.07, 6.45) is 1.60. The zero-order valence-electron chi connectivity index (χ0n) is 15.6. The number of imide groups is 1. The Morgan fingerprint density at radius 3 is 2.33 bits per heavy atom. The Morgan fingerprint density at radius 1 is 1.04 bits per heavy atom. The summed E-state index contributed by atoms with van der Waals surface area (Å²) < 4.78 is 22.0. The first-order valence-electron chi connectivity index (χ1n) is 9.18. The van der Waals surface area contributed by atoms with E-state index in [0.717, 1.165) is 0 Å². The van der Waals surface area contributed by atoms with Gasteiger partial charge in [-0.05, 0) is 12.1 Å². The monoisotopic (exact) mass is 376 g/mol. The van der Waals surface area contributed by atoms with E-state index in [2.05, 4.69) is 4.90 Å². The smallest absolute Gasteiger partial charge is 0.251 e. The van der Waals surface area contributed by atoms with Crippen LogP contribution in [0.5, 0.6) is 11.5 Å². The van der Waals surface area contributed by atoms with Crippen LogP contribution in [-0.4, -0.2) is 69.1 Å². The van der Waals surface area contributed by atoms with Gasteiger partial charge in [0, 0.05) is 32.0 Å². The van der Waals surface area contributed by atoms with Crippen LogP contribution in [0.2, 0.25) is 0 Å². The van der Waals surface area contributed by atoms with Gasteiger partial charge in [-0.15, -0.1) is 0 Å². The van der Waals surface area contributed by atoms with Crippen molar-refractivity contribution in [2.45, 2.75) is 31.1 Å². The van der Waals surface area contributed by atoms with Gasteiger partial charge in [-0.2, -0.15) is 0 Å². The quantitative estimate of drug-likeness (QED) is 0.730. The van der Waals surface area contributed by atoms with Gasteiger partial charge in [0.15, 0.2) is 17.3 Å². The summed E-state index contributed by atoms with van der Waals surface area (Å²) in [7, 11) is 3.06. The molecule has 8 nitrogen and oxygen atoms in total. The SMILES string of the molecule is COc1ccc(N2C(=O)CC(N3CCC4(CC3)OCCO4)C2=O)cc1OC. The molecule has 1 aromatic carbocycles. The molecule has 0 bridgehead atoms. The molecule has 1 atom stereocenters. The van der Waals surface area contributed by atoms with Gasteiger partial charge >= 0.3 is 0 Å². The number of rotatable bonds is 4. The second-order valence-electron chi connectivity index (χ2n) is 6.97. The van der Waals surface area contributed by atoms with E-state index >= 15 is 0 Å². The molecule has 0 radical (unpaired) electrons. The van der Waals surface area contributed by atoms with Crippen LogP contribution in [0.3, 0.4) is 0 Å². The van der Waals surface area contributed by atoms with Crippen LogP contribution in [0.4, 0.5) is 5.69 Å². The van der Waals surface area contributed by atoms with Crippen molar-refractivity contribution < 1.29 is 28.5 Å². The lowest BCUT2D eigenvalue weighted by atomic mass is 10.0. The normalized spacial score (nSPS) is 25.4. The molecule has 8 heteroatoms. The Kier molecular flexibility index (Phi) is 4.79. The van der Waals surface area contributed by atoms with E-state index in [1.807, 2.05) is 0 Å². The van der Waals surface area contributed by atoms with Crippen LogP contribution in [0.25, 0.3) is 0 Å². The van der Waals surface area contributed by atoms with Crippen molar-refractivity contribution >= 4 is 17.5 Å². The molecule has 3 aliphatic rings. The van der Waals surface area contributed by atoms with E-state index in [1.165, 1.54) is 12.0 Å². The number of ether oxygens (including phenoxy) is 4. The zero-order chi connectivity index (χ0) is 19.0. The minimum absolute atomic E-state index is 0.182. The van der Waals surface area contributed by atoms with Crippen molar-refractivity contribution in [2.24, 2.45) is 0 Å². The number of amides is 2. The first kappa shape index (κ1) is 18.2. The van der Waals surface area contributed by atoms with Gasteiger partial charge in [0.05, 0.1) is 45.6 Å². The summed E-state index contributed by atoms with van der Waals surface area (Å²) in [5.74, 6) is 0.136. The first-order valence-corrected chi connectivity index (χ1v) is 9.18. The van der Waals surface area contributed by atoms with Crippen LogP contribution in [0, 0.1) is 0 Å². The zero-order valence-corrected chi connectivity index (χ0v) is 15.6. The van der Waals surface area contributed by atoms with Gasteiger partial charge in [0.25, 0.3) is 5.91 Å². The van der Waals surface area contributed by atoms with Crippen LogP contribution in [-0.2, 0) is 19.1 Å². The van der Waals surface area contributed by atoms with Crippen molar-refractivity contribution in [1.29, 1.82) is 0 Å². The highest BCUT2D eigenvalue weighted by Crippen LogP contribution is 2.36. The molecule has 1 aromatic rings. The van der Waals surface area contributed by atoms with E-state index in [1.54, 1.807) is 25.3 Å². The van der Waals surface area contributed by atoms with E-state index in [4.69, 9.17) is 18.9 Å². The summed E-state index contributed by atoms with van der Waals surface area (Å²) >= 11 is 0. The fourth-order valence-corrected chi connectivity index (χ4v) is 4.10. The second kappa shape index (κ2) is 7.10. The van der Waals surface area contributed by atoms with Gasteiger partial charge in [-0.3, -0.25) is 14.5 Å². The average molecular weight is 376 g/mol. The number of anilines is 1. The topological polar surface area (TPSA) is 77.5 Å². The number of likely N-dealkylation sites (tertiary alicyclic amines) is 1. The molecular formula is C19H24N2O6. The maximum atomic E-state index is 13.0. The lowest BCUT2D eigenvalue weighted by molar-refractivity contribution is -0.188. The molecule has 1 spiro atoms. The number of carbonyl (C=O) groups excluding carboxylic acids is 2. The Bertz CT molecular complexity index is 736. The standard InChI is InChI=1S/C19H24N2O6/c1-24-15-4-3-13(11-16(15)25-2)21-17(22)12-14(18(21)23)20-7-5-19(6-8-20)26-9-10-27-19/h3-4,11,14H,5-10,12H2,1-2H3. The first-order chi connectivity index (χ1) is 13.1. The van der Waals surface area contributed by atoms with Crippen molar-refractivity contribution in [3.63, 3.8) is 0 Å². The Labute approximate surface area is 157 Å². The van der Waals surface area contributed by atoms with Gasteiger partial charge in [0.2, 0.25) is 5.91 Å². The van der Waals surface area contributed by atoms with E-state index in [9.17, 15) is 9.59 Å². The molecule has 1 unspecified atom stereocenters. The van der Waals surface area contributed by atoms with E-state index in [-0.39, 0.29) is 18.2 Å². The van der Waals surface area contributed by atoms with Crippen molar-refractivity contribution in [3.05, 3.63) is 18.2 Å². The Balaban J connectivity index is 1.49. The minimum Gasteiger partial charge on any atom is -0.493 e. The third-order valence-electron chi connectivity index (χ3n) is 5.56. The maximum Gasteiger partial charge on any atom is 0.251 e. The van der Waals surface area contributed by atoms with E-state index < -0.39 is 11.8 Å². The molecule has 3 heterocycles. The van der Waals surface area contributed by atoms with Crippen LogP contribution < -0.4 is 14.4 Å². The lowest BCUT2D eigenvalue weighted by Crippen LogP contribution is -2.51. The van der Waals surface area contributed by atoms with Crippen molar-refractivity contribution in [2.75, 3.05) is 45.4 Å². The Hall–Kier alpha value is -2.16. The van der Waals surface area contributed by atoms with Gasteiger partial charge < -0.3 is 18.9 Å². The number of benzene rings is 1. The number of carbonyl (C=O) groups is 2. The molecule has 4 rings (SSSR count). The fraction of sp³-hybridized carbons (Fsp3) is 0.579. The molecule has 0 saturated carbocycles. The Morgan fingerprint density at radius 2 is 1.70 bits per heavy atom. The predicted molar refractivity (Wildman–Crippen MR) is 95.9 cm³/mol. The highest BCUT2D eigenvalue weighted by atomic mass is 16.7. The number of hydrogen-bond acceptors (Lipinski definition) is 7. The molecule has 3 aliphatic heterocycles. The molecular weight excluding hydrogens is 352 g/mol. The van der Waals surface area contributed by atoms with Gasteiger partial charge in [0.1, 0.15) is 0 Å². The highest BCUT2D eigenvalue weighted by molar-refractivity contribution is 6.22. The third-order valence-corrected chi connectivity index (χ3v) is 5.56. The lowest BCUT2D eigenvalue weighted by Gasteiger charge is -2.39. The molecule has 0 N–H and O–H groups in total. The molecule has 0 aliphatic carbocycles. The minimum atomic E-state index is -0.495. The second-order valence-corrected chi connectivity index (χ2v) is 6.97. The summed E-state index contributed by atoms with van der Waals surface area (Å²) in [5, 5.41) is 0. The molecule has 2 amide bonds. The van der Waals surface area contributed by atoms with Crippen LogP contribution in [0.15, 0.2) is 18.2 Å². The number of nitrogens with zero attached hydrogens (tertiary/aromatic N) is 2. The predicted octanol–water partition coefficient (Wildman–Crippen LogP) is 1.17. The number of methoxy groups -OCH3 is 2. The molecule has 3 fully saturated rings. The molecule has 27 heavy (non-hydrogen) atoms. The maximum absolute atomic E-state index is 13.0.